The molecular weight excluding hydrogens is 192 g/mol. The number of halogens is 2. The molecule has 1 heterocycles. The van der Waals surface area contributed by atoms with Crippen LogP contribution in [0.4, 0.5) is 14.6 Å². The van der Waals surface area contributed by atoms with Gasteiger partial charge in [0.15, 0.2) is 0 Å². The molecule has 0 bridgehead atoms. The third-order valence-electron chi connectivity index (χ3n) is 1.94. The Morgan fingerprint density at radius 3 is 2.57 bits per heavy atom. The lowest BCUT2D eigenvalue weighted by molar-refractivity contribution is 0.146. The summed E-state index contributed by atoms with van der Waals surface area (Å²) >= 11 is 0. The van der Waals surface area contributed by atoms with Crippen LogP contribution in [0.2, 0.25) is 0 Å². The molecule has 0 aliphatic carbocycles. The number of nitrogens with zero attached hydrogens (tertiary/aromatic N) is 1. The van der Waals surface area contributed by atoms with Crippen LogP contribution in [0.15, 0.2) is 6.20 Å². The van der Waals surface area contributed by atoms with Crippen LogP contribution in [-0.4, -0.2) is 10.1 Å². The molecule has 0 spiro atoms. The lowest BCUT2D eigenvalue weighted by atomic mass is 10.0. The second kappa shape index (κ2) is 4.30. The molecule has 0 saturated heterocycles. The molecule has 0 atom stereocenters. The van der Waals surface area contributed by atoms with E-state index in [0.717, 1.165) is 0 Å². The van der Waals surface area contributed by atoms with Crippen molar-refractivity contribution in [2.24, 2.45) is 5.73 Å². The van der Waals surface area contributed by atoms with E-state index in [9.17, 15) is 8.78 Å². The molecule has 1 aromatic heterocycles. The number of hydrogen-bond acceptors (Lipinski definition) is 4. The summed E-state index contributed by atoms with van der Waals surface area (Å²) in [6.45, 7) is -0.619. The highest BCUT2D eigenvalue weighted by Crippen LogP contribution is 2.28. The van der Waals surface area contributed by atoms with Crippen molar-refractivity contribution >= 4 is 5.82 Å². The fourth-order valence-corrected chi connectivity index (χ4v) is 1.23. The topological polar surface area (TPSA) is 85.2 Å². The van der Waals surface area contributed by atoms with E-state index >= 15 is 0 Å². The second-order valence-electron chi connectivity index (χ2n) is 2.72. The highest BCUT2D eigenvalue weighted by molar-refractivity contribution is 5.48. The Bertz CT molecular complexity index is 331. The van der Waals surface area contributed by atoms with Gasteiger partial charge in [0.2, 0.25) is 0 Å². The lowest BCUT2D eigenvalue weighted by Crippen LogP contribution is -2.10. The number of pyridine rings is 1. The van der Waals surface area contributed by atoms with Crippen LogP contribution in [0, 0.1) is 0 Å². The molecule has 6 heteroatoms. The largest absolute Gasteiger partial charge is 0.392 e. The zero-order chi connectivity index (χ0) is 10.7. The van der Waals surface area contributed by atoms with Crippen molar-refractivity contribution in [3.05, 3.63) is 22.9 Å². The molecule has 0 aromatic carbocycles. The number of nitrogen functional groups attached to an aromatic ring is 1. The molecule has 78 valence electrons. The summed E-state index contributed by atoms with van der Waals surface area (Å²) in [5.74, 6) is -0.0833. The molecule has 1 rings (SSSR count). The highest BCUT2D eigenvalue weighted by atomic mass is 19.3. The maximum atomic E-state index is 12.6. The van der Waals surface area contributed by atoms with Gasteiger partial charge in [-0.3, -0.25) is 0 Å². The molecule has 4 nitrogen and oxygen atoms in total. The first kappa shape index (κ1) is 10.8. The first-order valence-electron chi connectivity index (χ1n) is 3.97. The van der Waals surface area contributed by atoms with Gasteiger partial charge in [-0.05, 0) is 5.56 Å². The zero-order valence-corrected chi connectivity index (χ0v) is 7.37. The Hall–Kier alpha value is -1.27. The Morgan fingerprint density at radius 2 is 2.14 bits per heavy atom. The quantitative estimate of drug-likeness (QED) is 0.669. The van der Waals surface area contributed by atoms with Gasteiger partial charge in [0.25, 0.3) is 6.43 Å². The predicted octanol–water partition coefficient (Wildman–Crippen LogP) is 0.552. The first-order chi connectivity index (χ1) is 6.61. The van der Waals surface area contributed by atoms with Crippen LogP contribution in [0.3, 0.4) is 0 Å². The molecule has 0 aliphatic rings. The summed E-state index contributed by atoms with van der Waals surface area (Å²) < 4.78 is 25.2. The van der Waals surface area contributed by atoms with E-state index in [1.807, 2.05) is 0 Å². The molecule has 14 heavy (non-hydrogen) atoms. The monoisotopic (exact) mass is 203 g/mol. The van der Waals surface area contributed by atoms with E-state index in [2.05, 4.69) is 4.98 Å². The van der Waals surface area contributed by atoms with E-state index in [1.165, 1.54) is 6.20 Å². The van der Waals surface area contributed by atoms with Crippen LogP contribution < -0.4 is 11.5 Å². The minimum atomic E-state index is -2.71. The number of hydrogen-bond donors (Lipinski definition) is 3. The van der Waals surface area contributed by atoms with E-state index in [4.69, 9.17) is 16.6 Å². The van der Waals surface area contributed by atoms with Gasteiger partial charge in [-0.2, -0.15) is 0 Å². The molecule has 1 aromatic rings. The van der Waals surface area contributed by atoms with E-state index in [-0.39, 0.29) is 29.1 Å². The smallest absolute Gasteiger partial charge is 0.264 e. The third kappa shape index (κ3) is 1.80. The second-order valence-corrected chi connectivity index (χ2v) is 2.72. The summed E-state index contributed by atoms with van der Waals surface area (Å²) in [5, 5.41) is 8.87. The molecule has 0 radical (unpaired) electrons. The number of aliphatic hydroxyl groups excluding tert-OH is 1. The van der Waals surface area contributed by atoms with Crippen molar-refractivity contribution < 1.29 is 13.9 Å². The lowest BCUT2D eigenvalue weighted by Gasteiger charge is -2.12. The number of anilines is 1. The van der Waals surface area contributed by atoms with E-state index in [0.29, 0.717) is 0 Å². The van der Waals surface area contributed by atoms with Crippen molar-refractivity contribution in [2.45, 2.75) is 19.6 Å². The van der Waals surface area contributed by atoms with Gasteiger partial charge in [-0.1, -0.05) is 0 Å². The van der Waals surface area contributed by atoms with Crippen LogP contribution in [0.5, 0.6) is 0 Å². The van der Waals surface area contributed by atoms with Crippen molar-refractivity contribution in [3.63, 3.8) is 0 Å². The standard InChI is InChI=1S/C8H11F2N3O/c9-7(10)6-4(1-11)2-13-8(12)5(6)3-14/h2,7,14H,1,3,11H2,(H2,12,13). The number of nitrogens with two attached hydrogens (primary N) is 2. The van der Waals surface area contributed by atoms with E-state index in [1.54, 1.807) is 0 Å². The maximum absolute atomic E-state index is 12.6. The molecule has 0 aliphatic heterocycles. The van der Waals surface area contributed by atoms with Crippen LogP contribution in [0.25, 0.3) is 0 Å². The predicted molar refractivity (Wildman–Crippen MR) is 47.4 cm³/mol. The maximum Gasteiger partial charge on any atom is 0.264 e. The van der Waals surface area contributed by atoms with Gasteiger partial charge >= 0.3 is 0 Å². The van der Waals surface area contributed by atoms with Gasteiger partial charge in [0.05, 0.1) is 6.61 Å². The van der Waals surface area contributed by atoms with Gasteiger partial charge in [-0.15, -0.1) is 0 Å². The van der Waals surface area contributed by atoms with Gasteiger partial charge in [-0.25, -0.2) is 13.8 Å². The highest BCUT2D eigenvalue weighted by Gasteiger charge is 2.19. The molecule has 0 saturated carbocycles. The minimum Gasteiger partial charge on any atom is -0.392 e. The van der Waals surface area contributed by atoms with Gasteiger partial charge in [0.1, 0.15) is 5.82 Å². The zero-order valence-electron chi connectivity index (χ0n) is 7.37. The Kier molecular flexibility index (Phi) is 3.32. The minimum absolute atomic E-state index is 0.0389. The summed E-state index contributed by atoms with van der Waals surface area (Å²) in [6, 6.07) is 0. The van der Waals surface area contributed by atoms with Crippen molar-refractivity contribution in [1.29, 1.82) is 0 Å². The SMILES string of the molecule is NCc1cnc(N)c(CO)c1C(F)F. The molecule has 0 unspecified atom stereocenters. The van der Waals surface area contributed by atoms with Crippen LogP contribution in [0.1, 0.15) is 23.1 Å². The Morgan fingerprint density at radius 1 is 1.50 bits per heavy atom. The fourth-order valence-electron chi connectivity index (χ4n) is 1.23. The number of aliphatic hydroxyl groups is 1. The van der Waals surface area contributed by atoms with Crippen molar-refractivity contribution in [3.8, 4) is 0 Å². The van der Waals surface area contributed by atoms with Crippen LogP contribution in [-0.2, 0) is 13.2 Å². The van der Waals surface area contributed by atoms with E-state index < -0.39 is 13.0 Å². The molecule has 0 fully saturated rings. The number of aromatic nitrogens is 1. The van der Waals surface area contributed by atoms with Crippen LogP contribution >= 0.6 is 0 Å². The van der Waals surface area contributed by atoms with Crippen molar-refractivity contribution in [1.82, 2.24) is 4.98 Å². The number of alkyl halides is 2. The average Bonchev–Trinajstić information content (AvgIpc) is 2.17. The Labute approximate surface area is 79.6 Å². The summed E-state index contributed by atoms with van der Waals surface area (Å²) in [4.78, 5) is 3.67. The summed E-state index contributed by atoms with van der Waals surface area (Å²) in [7, 11) is 0. The summed E-state index contributed by atoms with van der Waals surface area (Å²) in [5.41, 5.74) is 10.5. The molecular formula is C8H11F2N3O. The number of rotatable bonds is 3. The first-order valence-corrected chi connectivity index (χ1v) is 3.97. The van der Waals surface area contributed by atoms with Gasteiger partial charge in [0, 0.05) is 23.9 Å². The summed E-state index contributed by atoms with van der Waals surface area (Å²) in [6.07, 6.45) is -1.50. The molecule has 5 N–H and O–H groups in total. The third-order valence-corrected chi connectivity index (χ3v) is 1.94. The fraction of sp³-hybridized carbons (Fsp3) is 0.375. The molecule has 0 amide bonds. The van der Waals surface area contributed by atoms with Crippen molar-refractivity contribution in [2.75, 3.05) is 5.73 Å². The average molecular weight is 203 g/mol. The normalized spacial score (nSPS) is 10.9. The Balaban J connectivity index is 3.36. The van der Waals surface area contributed by atoms with Gasteiger partial charge < -0.3 is 16.6 Å².